The molecule has 0 amide bonds. The monoisotopic (exact) mass is 280 g/mol. The number of benzene rings is 2. The highest BCUT2D eigenvalue weighted by Gasteiger charge is 2.25. The molecule has 0 aliphatic heterocycles. The Bertz CT molecular complexity index is 727. The van der Waals surface area contributed by atoms with Crippen molar-refractivity contribution >= 4 is 28.2 Å². The Balaban J connectivity index is 2.01. The Morgan fingerprint density at radius 2 is 1.50 bits per heavy atom. The zero-order valence-corrected chi connectivity index (χ0v) is 11.7. The van der Waals surface area contributed by atoms with Gasteiger partial charge in [0.1, 0.15) is 0 Å². The van der Waals surface area contributed by atoms with Gasteiger partial charge < -0.3 is 0 Å². The first-order chi connectivity index (χ1) is 9.65. The summed E-state index contributed by atoms with van der Waals surface area (Å²) < 4.78 is 0. The number of Topliss-reactive ketones (excluding diaryl/α,β-unsaturated/α-hetero) is 1. The molecule has 2 aromatic rings. The Kier molecular flexibility index (Phi) is 3.28. The maximum absolute atomic E-state index is 11.9. The largest absolute Gasteiger partial charge is 0.286 e. The molecule has 98 valence electrons. The third-order valence-corrected chi connectivity index (χ3v) is 4.24. The summed E-state index contributed by atoms with van der Waals surface area (Å²) in [5, 5.41) is 0. The first-order valence-corrected chi connectivity index (χ1v) is 7.11. The molecule has 1 aliphatic rings. The number of fused-ring (bicyclic) bond motifs is 1. The Morgan fingerprint density at radius 1 is 0.850 bits per heavy atom. The average molecular weight is 280 g/mol. The molecule has 2 nitrogen and oxygen atoms in total. The van der Waals surface area contributed by atoms with Crippen molar-refractivity contribution in [2.45, 2.75) is 11.8 Å². The molecule has 0 N–H and O–H groups in total. The fourth-order valence-electron chi connectivity index (χ4n) is 2.11. The van der Waals surface area contributed by atoms with Crippen LogP contribution in [0.2, 0.25) is 0 Å². The van der Waals surface area contributed by atoms with Gasteiger partial charge in [0.15, 0.2) is 0 Å². The number of allylic oxidation sites excluding steroid dienone is 1. The lowest BCUT2D eigenvalue weighted by Crippen LogP contribution is -2.17. The lowest BCUT2D eigenvalue weighted by Gasteiger charge is -2.15. The van der Waals surface area contributed by atoms with Crippen LogP contribution in [0.1, 0.15) is 21.5 Å². The van der Waals surface area contributed by atoms with Gasteiger partial charge in [0, 0.05) is 21.4 Å². The average Bonchev–Trinajstić information content (AvgIpc) is 2.47. The normalized spacial score (nSPS) is 13.9. The molecule has 2 aromatic carbocycles. The summed E-state index contributed by atoms with van der Waals surface area (Å²) in [7, 11) is 0. The number of carbonyl (C=O) groups excluding carboxylic acids is 2. The predicted octanol–water partition coefficient (Wildman–Crippen LogP) is 3.89. The summed E-state index contributed by atoms with van der Waals surface area (Å²) in [5.41, 5.74) is 2.52. The topological polar surface area (TPSA) is 34.1 Å². The van der Waals surface area contributed by atoms with Crippen LogP contribution in [0.15, 0.2) is 59.5 Å². The number of ketones is 2. The first kappa shape index (κ1) is 12.9. The van der Waals surface area contributed by atoms with Crippen molar-refractivity contribution in [1.82, 2.24) is 0 Å². The Hall–Kier alpha value is -2.13. The molecule has 3 rings (SSSR count). The van der Waals surface area contributed by atoms with Gasteiger partial charge in [-0.1, -0.05) is 53.7 Å². The van der Waals surface area contributed by atoms with Crippen LogP contribution < -0.4 is 0 Å². The lowest BCUT2D eigenvalue weighted by atomic mass is 9.95. The maximum atomic E-state index is 11.9. The summed E-state index contributed by atoms with van der Waals surface area (Å²) in [6, 6.07) is 15.4. The van der Waals surface area contributed by atoms with Crippen molar-refractivity contribution in [3.05, 3.63) is 71.3 Å². The minimum Gasteiger partial charge on any atom is -0.286 e. The molecule has 1 aliphatic carbocycles. The van der Waals surface area contributed by atoms with Gasteiger partial charge in [-0.2, -0.15) is 0 Å². The fourth-order valence-corrected chi connectivity index (χ4v) is 3.09. The molecular formula is C17H12O2S. The van der Waals surface area contributed by atoms with Gasteiger partial charge in [0.2, 0.25) is 11.6 Å². The van der Waals surface area contributed by atoms with Gasteiger partial charge in [-0.25, -0.2) is 0 Å². The molecular weight excluding hydrogens is 268 g/mol. The second kappa shape index (κ2) is 5.10. The van der Waals surface area contributed by atoms with Crippen molar-refractivity contribution in [2.24, 2.45) is 0 Å². The molecule has 0 saturated heterocycles. The van der Waals surface area contributed by atoms with Crippen LogP contribution in [0.4, 0.5) is 0 Å². The van der Waals surface area contributed by atoms with Crippen molar-refractivity contribution < 1.29 is 9.59 Å². The zero-order chi connectivity index (χ0) is 14.1. The van der Waals surface area contributed by atoms with Crippen LogP contribution >= 0.6 is 11.8 Å². The summed E-state index contributed by atoms with van der Waals surface area (Å²) in [6.07, 6.45) is 1.44. The van der Waals surface area contributed by atoms with E-state index in [0.29, 0.717) is 5.56 Å². The predicted molar refractivity (Wildman–Crippen MR) is 80.8 cm³/mol. The van der Waals surface area contributed by atoms with E-state index < -0.39 is 11.6 Å². The van der Waals surface area contributed by atoms with Crippen LogP contribution in [0.3, 0.4) is 0 Å². The molecule has 0 spiro atoms. The van der Waals surface area contributed by atoms with Gasteiger partial charge in [-0.3, -0.25) is 9.59 Å². The van der Waals surface area contributed by atoms with Gasteiger partial charge in [0.25, 0.3) is 0 Å². The highest BCUT2D eigenvalue weighted by molar-refractivity contribution is 8.08. The Morgan fingerprint density at radius 3 is 2.20 bits per heavy atom. The number of hydrogen-bond donors (Lipinski definition) is 0. The molecule has 0 saturated carbocycles. The van der Waals surface area contributed by atoms with Crippen LogP contribution in [0.5, 0.6) is 0 Å². The van der Waals surface area contributed by atoms with Crippen LogP contribution in [0, 0.1) is 6.92 Å². The molecule has 0 atom stereocenters. The number of carbonyl (C=O) groups is 2. The number of rotatable bonds is 2. The van der Waals surface area contributed by atoms with Crippen molar-refractivity contribution in [2.75, 3.05) is 0 Å². The highest BCUT2D eigenvalue weighted by atomic mass is 32.2. The van der Waals surface area contributed by atoms with E-state index in [4.69, 9.17) is 0 Å². The van der Waals surface area contributed by atoms with E-state index in [1.54, 1.807) is 12.1 Å². The first-order valence-electron chi connectivity index (χ1n) is 6.29. The lowest BCUT2D eigenvalue weighted by molar-refractivity contribution is -0.110. The van der Waals surface area contributed by atoms with Crippen LogP contribution in [0.25, 0.3) is 4.91 Å². The molecule has 3 heteroatoms. The Labute approximate surface area is 121 Å². The van der Waals surface area contributed by atoms with Gasteiger partial charge in [0.05, 0.1) is 0 Å². The third-order valence-electron chi connectivity index (χ3n) is 3.17. The standard InChI is InChI=1S/C17H12O2S/c1-11-6-8-12(9-7-11)20-16-10-15(18)17(19)14-5-3-2-4-13(14)16/h2-10H,1H3. The van der Waals surface area contributed by atoms with E-state index in [-0.39, 0.29) is 0 Å². The molecule has 0 bridgehead atoms. The van der Waals surface area contributed by atoms with Crippen molar-refractivity contribution in [3.63, 3.8) is 0 Å². The summed E-state index contributed by atoms with van der Waals surface area (Å²) in [6.45, 7) is 2.03. The smallest absolute Gasteiger partial charge is 0.233 e. The van der Waals surface area contributed by atoms with E-state index in [0.717, 1.165) is 15.4 Å². The second-order valence-corrected chi connectivity index (χ2v) is 5.78. The second-order valence-electron chi connectivity index (χ2n) is 4.66. The van der Waals surface area contributed by atoms with Crippen molar-refractivity contribution in [3.8, 4) is 0 Å². The van der Waals surface area contributed by atoms with Gasteiger partial charge in [-0.05, 0) is 24.6 Å². The quantitative estimate of drug-likeness (QED) is 0.783. The SMILES string of the molecule is Cc1ccc(SC2=CC(=O)C(=O)c3ccccc32)cc1. The molecule has 0 fully saturated rings. The minimum atomic E-state index is -0.446. The molecule has 0 radical (unpaired) electrons. The third kappa shape index (κ3) is 2.32. The number of thioether (sulfide) groups is 1. The van der Waals surface area contributed by atoms with Gasteiger partial charge in [-0.15, -0.1) is 0 Å². The molecule has 20 heavy (non-hydrogen) atoms. The van der Waals surface area contributed by atoms with E-state index in [1.807, 2.05) is 43.3 Å². The number of aryl methyl sites for hydroxylation is 1. The molecule has 0 heterocycles. The molecule has 0 unspecified atom stereocenters. The minimum absolute atomic E-state index is 0.422. The number of hydrogen-bond acceptors (Lipinski definition) is 3. The fraction of sp³-hybridized carbons (Fsp3) is 0.0588. The van der Waals surface area contributed by atoms with E-state index in [2.05, 4.69) is 0 Å². The van der Waals surface area contributed by atoms with Crippen LogP contribution in [-0.4, -0.2) is 11.6 Å². The van der Waals surface area contributed by atoms with E-state index in [9.17, 15) is 9.59 Å². The highest BCUT2D eigenvalue weighted by Crippen LogP contribution is 2.38. The zero-order valence-electron chi connectivity index (χ0n) is 10.9. The summed E-state index contributed by atoms with van der Waals surface area (Å²) in [4.78, 5) is 25.5. The van der Waals surface area contributed by atoms with Gasteiger partial charge >= 0.3 is 0 Å². The van der Waals surface area contributed by atoms with Crippen LogP contribution in [-0.2, 0) is 4.79 Å². The van der Waals surface area contributed by atoms with E-state index in [1.165, 1.54) is 23.4 Å². The van der Waals surface area contributed by atoms with E-state index >= 15 is 0 Å². The summed E-state index contributed by atoms with van der Waals surface area (Å²) >= 11 is 1.51. The molecule has 0 aromatic heterocycles. The maximum Gasteiger partial charge on any atom is 0.233 e. The summed E-state index contributed by atoms with van der Waals surface area (Å²) in [5.74, 6) is -0.868. The van der Waals surface area contributed by atoms with Crippen molar-refractivity contribution in [1.29, 1.82) is 0 Å².